The van der Waals surface area contributed by atoms with Crippen LogP contribution in [-0.4, -0.2) is 37.4 Å². The molecule has 0 saturated heterocycles. The largest absolute Gasteiger partial charge is 0.463 e. The SMILES string of the molecule is CCOC(=O)C=Cc1cc2ccc(N(CC)CCO)cc2oc1=O. The summed E-state index contributed by atoms with van der Waals surface area (Å²) in [6.45, 7) is 5.26. The van der Waals surface area contributed by atoms with E-state index in [1.807, 2.05) is 24.0 Å². The van der Waals surface area contributed by atoms with Crippen molar-refractivity contribution in [2.75, 3.05) is 31.2 Å². The lowest BCUT2D eigenvalue weighted by atomic mass is 10.1. The van der Waals surface area contributed by atoms with Gasteiger partial charge in [0, 0.05) is 36.3 Å². The Morgan fingerprint density at radius 3 is 2.79 bits per heavy atom. The summed E-state index contributed by atoms with van der Waals surface area (Å²) in [4.78, 5) is 25.4. The fraction of sp³-hybridized carbons (Fsp3) is 0.333. The molecule has 0 amide bonds. The molecule has 0 saturated carbocycles. The van der Waals surface area contributed by atoms with E-state index in [2.05, 4.69) is 0 Å². The van der Waals surface area contributed by atoms with E-state index in [-0.39, 0.29) is 18.8 Å². The van der Waals surface area contributed by atoms with Crippen LogP contribution in [0.1, 0.15) is 19.4 Å². The molecule has 6 heteroatoms. The number of fused-ring (bicyclic) bond motifs is 1. The van der Waals surface area contributed by atoms with Gasteiger partial charge in [0.2, 0.25) is 0 Å². The van der Waals surface area contributed by atoms with Gasteiger partial charge in [0.15, 0.2) is 0 Å². The van der Waals surface area contributed by atoms with E-state index in [1.165, 1.54) is 12.2 Å². The third kappa shape index (κ3) is 4.23. The van der Waals surface area contributed by atoms with Gasteiger partial charge in [-0.25, -0.2) is 9.59 Å². The molecule has 128 valence electrons. The second-order valence-corrected chi connectivity index (χ2v) is 5.10. The van der Waals surface area contributed by atoms with Gasteiger partial charge in [0.25, 0.3) is 0 Å². The molecule has 0 atom stereocenters. The molecule has 1 heterocycles. The number of rotatable bonds is 7. The Morgan fingerprint density at radius 2 is 2.12 bits per heavy atom. The van der Waals surface area contributed by atoms with Crippen molar-refractivity contribution in [2.45, 2.75) is 13.8 Å². The molecule has 1 aromatic heterocycles. The van der Waals surface area contributed by atoms with Gasteiger partial charge < -0.3 is 19.2 Å². The van der Waals surface area contributed by atoms with Gasteiger partial charge in [-0.15, -0.1) is 0 Å². The maximum absolute atomic E-state index is 12.1. The number of ether oxygens (including phenoxy) is 1. The van der Waals surface area contributed by atoms with Crippen LogP contribution in [0.2, 0.25) is 0 Å². The minimum Gasteiger partial charge on any atom is -0.463 e. The number of hydrogen-bond donors (Lipinski definition) is 1. The first-order chi connectivity index (χ1) is 11.6. The smallest absolute Gasteiger partial charge is 0.343 e. The lowest BCUT2D eigenvalue weighted by molar-refractivity contribution is -0.137. The van der Waals surface area contributed by atoms with Crippen LogP contribution in [-0.2, 0) is 9.53 Å². The fourth-order valence-corrected chi connectivity index (χ4v) is 2.37. The Hall–Kier alpha value is -2.60. The first kappa shape index (κ1) is 17.7. The minimum absolute atomic E-state index is 0.0490. The molecule has 0 bridgehead atoms. The van der Waals surface area contributed by atoms with Gasteiger partial charge in [0.05, 0.1) is 18.8 Å². The molecule has 0 spiro atoms. The predicted molar refractivity (Wildman–Crippen MR) is 93.1 cm³/mol. The summed E-state index contributed by atoms with van der Waals surface area (Å²) in [7, 11) is 0. The summed E-state index contributed by atoms with van der Waals surface area (Å²) >= 11 is 0. The number of carbonyl (C=O) groups excluding carboxylic acids is 1. The van der Waals surface area contributed by atoms with Crippen LogP contribution >= 0.6 is 0 Å². The van der Waals surface area contributed by atoms with Crippen LogP contribution < -0.4 is 10.5 Å². The Balaban J connectivity index is 2.35. The zero-order valence-electron chi connectivity index (χ0n) is 13.8. The monoisotopic (exact) mass is 331 g/mol. The summed E-state index contributed by atoms with van der Waals surface area (Å²) in [6.07, 6.45) is 2.59. The first-order valence-electron chi connectivity index (χ1n) is 7.87. The summed E-state index contributed by atoms with van der Waals surface area (Å²) in [5.41, 5.74) is 1.09. The molecule has 1 N–H and O–H groups in total. The van der Waals surface area contributed by atoms with Gasteiger partial charge in [-0.2, -0.15) is 0 Å². The zero-order chi connectivity index (χ0) is 17.5. The van der Waals surface area contributed by atoms with Crippen molar-refractivity contribution in [2.24, 2.45) is 0 Å². The number of anilines is 1. The van der Waals surface area contributed by atoms with Crippen molar-refractivity contribution in [3.63, 3.8) is 0 Å². The Bertz CT molecular complexity index is 794. The van der Waals surface area contributed by atoms with E-state index in [0.29, 0.717) is 12.1 Å². The Morgan fingerprint density at radius 1 is 1.33 bits per heavy atom. The van der Waals surface area contributed by atoms with Gasteiger partial charge in [-0.1, -0.05) is 0 Å². The second kappa shape index (κ2) is 8.31. The van der Waals surface area contributed by atoms with Crippen LogP contribution in [0.4, 0.5) is 5.69 Å². The topological polar surface area (TPSA) is 80.0 Å². The number of likely N-dealkylation sites (N-methyl/N-ethyl adjacent to an activating group) is 1. The molecule has 2 rings (SSSR count). The number of nitrogens with zero attached hydrogens (tertiary/aromatic N) is 1. The minimum atomic E-state index is -0.523. The molecule has 0 aliphatic carbocycles. The molecule has 2 aromatic rings. The Kier molecular flexibility index (Phi) is 6.14. The number of carbonyl (C=O) groups is 1. The molecule has 6 nitrogen and oxygen atoms in total. The summed E-state index contributed by atoms with van der Waals surface area (Å²) in [6, 6.07) is 7.19. The molecular weight excluding hydrogens is 310 g/mol. The van der Waals surface area contributed by atoms with Crippen molar-refractivity contribution in [1.29, 1.82) is 0 Å². The molecule has 0 aliphatic heterocycles. The van der Waals surface area contributed by atoms with E-state index in [1.54, 1.807) is 19.1 Å². The predicted octanol–water partition coefficient (Wildman–Crippen LogP) is 2.19. The summed E-state index contributed by atoms with van der Waals surface area (Å²) in [5.74, 6) is -0.505. The Labute approximate surface area is 140 Å². The molecule has 0 radical (unpaired) electrons. The summed E-state index contributed by atoms with van der Waals surface area (Å²) in [5, 5.41) is 9.86. The zero-order valence-corrected chi connectivity index (χ0v) is 13.8. The first-order valence-corrected chi connectivity index (χ1v) is 7.87. The van der Waals surface area contributed by atoms with Crippen LogP contribution in [0.5, 0.6) is 0 Å². The van der Waals surface area contributed by atoms with Crippen LogP contribution in [0.15, 0.2) is 39.6 Å². The molecule has 0 unspecified atom stereocenters. The van der Waals surface area contributed by atoms with E-state index < -0.39 is 11.6 Å². The number of esters is 1. The highest BCUT2D eigenvalue weighted by Gasteiger charge is 2.08. The van der Waals surface area contributed by atoms with E-state index in [4.69, 9.17) is 14.3 Å². The van der Waals surface area contributed by atoms with Crippen molar-refractivity contribution >= 4 is 28.7 Å². The third-order valence-corrected chi connectivity index (χ3v) is 3.55. The van der Waals surface area contributed by atoms with Crippen molar-refractivity contribution in [1.82, 2.24) is 0 Å². The van der Waals surface area contributed by atoms with Crippen LogP contribution in [0.3, 0.4) is 0 Å². The molecule has 0 fully saturated rings. The highest BCUT2D eigenvalue weighted by Crippen LogP contribution is 2.22. The van der Waals surface area contributed by atoms with Crippen molar-refractivity contribution in [3.05, 3.63) is 46.3 Å². The second-order valence-electron chi connectivity index (χ2n) is 5.10. The highest BCUT2D eigenvalue weighted by molar-refractivity contribution is 5.88. The molecule has 0 aliphatic rings. The van der Waals surface area contributed by atoms with Gasteiger partial charge in [-0.3, -0.25) is 0 Å². The maximum atomic E-state index is 12.1. The average Bonchev–Trinajstić information content (AvgIpc) is 2.57. The normalized spacial score (nSPS) is 11.1. The number of aliphatic hydroxyl groups is 1. The maximum Gasteiger partial charge on any atom is 0.343 e. The van der Waals surface area contributed by atoms with Crippen molar-refractivity contribution < 1.29 is 19.1 Å². The lowest BCUT2D eigenvalue weighted by Gasteiger charge is -2.22. The molecular formula is C18H21NO5. The molecule has 24 heavy (non-hydrogen) atoms. The van der Waals surface area contributed by atoms with E-state index in [9.17, 15) is 9.59 Å². The van der Waals surface area contributed by atoms with E-state index in [0.717, 1.165) is 17.6 Å². The summed E-state index contributed by atoms with van der Waals surface area (Å²) < 4.78 is 10.1. The van der Waals surface area contributed by atoms with Crippen molar-refractivity contribution in [3.8, 4) is 0 Å². The van der Waals surface area contributed by atoms with Crippen LogP contribution in [0, 0.1) is 0 Å². The van der Waals surface area contributed by atoms with Gasteiger partial charge in [-0.05, 0) is 38.1 Å². The average molecular weight is 331 g/mol. The lowest BCUT2D eigenvalue weighted by Crippen LogP contribution is -2.26. The highest BCUT2D eigenvalue weighted by atomic mass is 16.5. The fourth-order valence-electron chi connectivity index (χ4n) is 2.37. The number of benzene rings is 1. The third-order valence-electron chi connectivity index (χ3n) is 3.55. The molecule has 1 aromatic carbocycles. The quantitative estimate of drug-likeness (QED) is 0.476. The standard InChI is InChI=1S/C18H21NO5/c1-3-19(9-10-20)15-7-5-13-11-14(6-8-17(21)23-4-2)18(22)24-16(13)12-15/h5-8,11-12,20H,3-4,9-10H2,1-2H3. The van der Waals surface area contributed by atoms with Gasteiger partial charge >= 0.3 is 11.6 Å². The van der Waals surface area contributed by atoms with Gasteiger partial charge in [0.1, 0.15) is 5.58 Å². The number of aliphatic hydroxyl groups excluding tert-OH is 1. The van der Waals surface area contributed by atoms with E-state index >= 15 is 0 Å². The number of hydrogen-bond acceptors (Lipinski definition) is 6. The van der Waals surface area contributed by atoms with Crippen LogP contribution in [0.25, 0.3) is 17.0 Å².